The highest BCUT2D eigenvalue weighted by molar-refractivity contribution is 6.32. The predicted octanol–water partition coefficient (Wildman–Crippen LogP) is 3.74. The third-order valence-corrected chi connectivity index (χ3v) is 4.56. The van der Waals surface area contributed by atoms with E-state index in [0.29, 0.717) is 16.9 Å². The second kappa shape index (κ2) is 9.82. The summed E-state index contributed by atoms with van der Waals surface area (Å²) in [7, 11) is 2.89. The highest BCUT2D eigenvalue weighted by atomic mass is 35.5. The zero-order valence-electron chi connectivity index (χ0n) is 16.7. The van der Waals surface area contributed by atoms with Crippen molar-refractivity contribution in [3.8, 4) is 17.2 Å². The maximum Gasteiger partial charge on any atom is 0.341 e. The largest absolute Gasteiger partial charge is 0.496 e. The molecule has 0 aliphatic rings. The number of amides is 1. The molecule has 9 heteroatoms. The number of hydrogen-bond donors (Lipinski definition) is 2. The van der Waals surface area contributed by atoms with E-state index in [1.54, 1.807) is 18.2 Å². The molecule has 0 aliphatic heterocycles. The van der Waals surface area contributed by atoms with Crippen molar-refractivity contribution in [1.29, 1.82) is 0 Å². The Balaban J connectivity index is 1.79. The number of aliphatic carboxylic acids is 1. The van der Waals surface area contributed by atoms with Crippen molar-refractivity contribution in [2.75, 3.05) is 20.8 Å². The second-order valence-corrected chi connectivity index (χ2v) is 6.72. The number of carbonyl (C=O) groups excluding carboxylic acids is 1. The van der Waals surface area contributed by atoms with Crippen LogP contribution in [-0.4, -0.2) is 44.0 Å². The van der Waals surface area contributed by atoms with E-state index in [9.17, 15) is 9.59 Å². The van der Waals surface area contributed by atoms with Gasteiger partial charge in [-0.05, 0) is 40.6 Å². The van der Waals surface area contributed by atoms with Crippen LogP contribution in [0.3, 0.4) is 0 Å². The van der Waals surface area contributed by atoms with Gasteiger partial charge in [-0.15, -0.1) is 0 Å². The number of ether oxygens (including phenoxy) is 3. The Kier molecular flexibility index (Phi) is 6.94. The van der Waals surface area contributed by atoms with Crippen LogP contribution in [0.25, 0.3) is 10.8 Å². The summed E-state index contributed by atoms with van der Waals surface area (Å²) in [4.78, 5) is 23.3. The number of rotatable bonds is 8. The van der Waals surface area contributed by atoms with E-state index in [0.717, 1.165) is 10.8 Å². The first-order chi connectivity index (χ1) is 14.9. The average molecular weight is 443 g/mol. The molecule has 0 saturated heterocycles. The number of nitrogens with one attached hydrogen (secondary N) is 1. The van der Waals surface area contributed by atoms with E-state index in [1.807, 2.05) is 24.3 Å². The molecular weight excluding hydrogens is 424 g/mol. The van der Waals surface area contributed by atoms with Crippen LogP contribution in [0, 0.1) is 0 Å². The summed E-state index contributed by atoms with van der Waals surface area (Å²) >= 11 is 6.17. The summed E-state index contributed by atoms with van der Waals surface area (Å²) in [5.41, 5.74) is 3.30. The molecule has 0 radical (unpaired) electrons. The number of benzene rings is 3. The number of hydrazone groups is 1. The first-order valence-electron chi connectivity index (χ1n) is 9.05. The van der Waals surface area contributed by atoms with Gasteiger partial charge in [0.05, 0.1) is 31.0 Å². The lowest BCUT2D eigenvalue weighted by Gasteiger charge is -2.12. The first kappa shape index (κ1) is 21.9. The van der Waals surface area contributed by atoms with Crippen molar-refractivity contribution in [2.45, 2.75) is 0 Å². The van der Waals surface area contributed by atoms with Crippen LogP contribution in [0.1, 0.15) is 15.9 Å². The molecule has 2 N–H and O–H groups in total. The number of nitrogens with zero attached hydrogens (tertiary/aromatic N) is 1. The normalized spacial score (nSPS) is 10.8. The molecule has 3 rings (SSSR count). The minimum atomic E-state index is -1.14. The number of hydrogen-bond acceptors (Lipinski definition) is 6. The van der Waals surface area contributed by atoms with Crippen LogP contribution in [0.4, 0.5) is 0 Å². The van der Waals surface area contributed by atoms with Crippen molar-refractivity contribution in [3.05, 3.63) is 64.7 Å². The fraction of sp³-hybridized carbons (Fsp3) is 0.136. The summed E-state index contributed by atoms with van der Waals surface area (Å²) in [6.45, 7) is -0.562. The average Bonchev–Trinajstić information content (AvgIpc) is 2.76. The highest BCUT2D eigenvalue weighted by Crippen LogP contribution is 2.36. The lowest BCUT2D eigenvalue weighted by molar-refractivity contribution is -0.139. The monoisotopic (exact) mass is 442 g/mol. The maximum absolute atomic E-state index is 12.6. The molecule has 0 atom stereocenters. The summed E-state index contributed by atoms with van der Waals surface area (Å²) in [5, 5.41) is 14.7. The highest BCUT2D eigenvalue weighted by Gasteiger charge is 2.15. The van der Waals surface area contributed by atoms with Crippen molar-refractivity contribution in [2.24, 2.45) is 5.10 Å². The third-order valence-electron chi connectivity index (χ3n) is 4.28. The third kappa shape index (κ3) is 5.23. The number of methoxy groups -OCH3 is 2. The van der Waals surface area contributed by atoms with Gasteiger partial charge in [0.15, 0.2) is 18.1 Å². The predicted molar refractivity (Wildman–Crippen MR) is 117 cm³/mol. The molecule has 0 unspecified atom stereocenters. The van der Waals surface area contributed by atoms with E-state index in [4.69, 9.17) is 30.9 Å². The van der Waals surface area contributed by atoms with Gasteiger partial charge in [-0.1, -0.05) is 35.9 Å². The van der Waals surface area contributed by atoms with Crippen LogP contribution in [0.2, 0.25) is 5.02 Å². The Morgan fingerprint density at radius 1 is 1.06 bits per heavy atom. The smallest absolute Gasteiger partial charge is 0.341 e. The fourth-order valence-electron chi connectivity index (χ4n) is 2.88. The summed E-state index contributed by atoms with van der Waals surface area (Å²) in [6, 6.07) is 14.2. The van der Waals surface area contributed by atoms with Crippen molar-refractivity contribution in [1.82, 2.24) is 5.43 Å². The summed E-state index contributed by atoms with van der Waals surface area (Å²) in [5.74, 6) is -0.823. The molecule has 0 heterocycles. The minimum absolute atomic E-state index is 0.105. The lowest BCUT2D eigenvalue weighted by Crippen LogP contribution is -2.18. The molecule has 3 aromatic carbocycles. The van der Waals surface area contributed by atoms with Crippen LogP contribution in [0.15, 0.2) is 53.6 Å². The quantitative estimate of drug-likeness (QED) is 0.406. The zero-order chi connectivity index (χ0) is 22.4. The van der Waals surface area contributed by atoms with Gasteiger partial charge in [0.25, 0.3) is 5.91 Å². The van der Waals surface area contributed by atoms with Gasteiger partial charge in [0.2, 0.25) is 0 Å². The van der Waals surface area contributed by atoms with E-state index >= 15 is 0 Å². The molecule has 31 heavy (non-hydrogen) atoms. The number of carbonyl (C=O) groups is 2. The fourth-order valence-corrected chi connectivity index (χ4v) is 3.15. The van der Waals surface area contributed by atoms with Gasteiger partial charge >= 0.3 is 5.97 Å². The minimum Gasteiger partial charge on any atom is -0.496 e. The number of fused-ring (bicyclic) bond motifs is 1. The van der Waals surface area contributed by atoms with Gasteiger partial charge in [-0.2, -0.15) is 5.10 Å². The Labute approximate surface area is 183 Å². The summed E-state index contributed by atoms with van der Waals surface area (Å²) in [6.07, 6.45) is 1.38. The van der Waals surface area contributed by atoms with E-state index in [-0.39, 0.29) is 16.5 Å². The standard InChI is InChI=1S/C22H19ClN2O6/c1-29-18-10-15-6-4-3-5-14(15)9-16(18)22(28)25-24-11-13-7-17(23)21(19(8-13)30-2)31-12-20(26)27/h3-11H,12H2,1-2H3,(H,25,28)(H,26,27). The molecular formula is C22H19ClN2O6. The topological polar surface area (TPSA) is 106 Å². The van der Waals surface area contributed by atoms with Gasteiger partial charge < -0.3 is 19.3 Å². The van der Waals surface area contributed by atoms with Crippen LogP contribution in [0.5, 0.6) is 17.2 Å². The molecule has 0 spiro atoms. The van der Waals surface area contributed by atoms with Crippen molar-refractivity contribution >= 4 is 40.5 Å². The van der Waals surface area contributed by atoms with Gasteiger partial charge in [0, 0.05) is 0 Å². The van der Waals surface area contributed by atoms with Crippen LogP contribution in [-0.2, 0) is 4.79 Å². The Morgan fingerprint density at radius 2 is 1.74 bits per heavy atom. The molecule has 1 amide bonds. The Hall–Kier alpha value is -3.78. The first-order valence-corrected chi connectivity index (χ1v) is 9.43. The second-order valence-electron chi connectivity index (χ2n) is 6.32. The zero-order valence-corrected chi connectivity index (χ0v) is 17.5. The van der Waals surface area contributed by atoms with E-state index in [1.165, 1.54) is 26.5 Å². The van der Waals surface area contributed by atoms with Gasteiger partial charge in [-0.3, -0.25) is 4.79 Å². The Bertz CT molecular complexity index is 1160. The lowest BCUT2D eigenvalue weighted by atomic mass is 10.1. The summed E-state index contributed by atoms with van der Waals surface area (Å²) < 4.78 is 15.7. The van der Waals surface area contributed by atoms with Gasteiger partial charge in [0.1, 0.15) is 5.75 Å². The van der Waals surface area contributed by atoms with E-state index < -0.39 is 18.5 Å². The van der Waals surface area contributed by atoms with E-state index in [2.05, 4.69) is 10.5 Å². The van der Waals surface area contributed by atoms with Crippen molar-refractivity contribution in [3.63, 3.8) is 0 Å². The number of halogens is 1. The maximum atomic E-state index is 12.6. The Morgan fingerprint density at radius 3 is 2.39 bits per heavy atom. The molecule has 160 valence electrons. The van der Waals surface area contributed by atoms with Gasteiger partial charge in [-0.25, -0.2) is 10.2 Å². The number of carboxylic acid groups (broad SMARTS) is 1. The molecule has 0 bridgehead atoms. The SMILES string of the molecule is COc1cc2ccccc2cc1C(=O)NN=Cc1cc(Cl)c(OCC(=O)O)c(OC)c1. The molecule has 3 aromatic rings. The van der Waals surface area contributed by atoms with Crippen LogP contribution < -0.4 is 19.6 Å². The molecule has 0 fully saturated rings. The van der Waals surface area contributed by atoms with Crippen LogP contribution >= 0.6 is 11.6 Å². The molecule has 0 saturated carbocycles. The molecule has 8 nitrogen and oxygen atoms in total. The number of carboxylic acids is 1. The molecule has 0 aliphatic carbocycles. The molecule has 0 aromatic heterocycles. The van der Waals surface area contributed by atoms with Crippen molar-refractivity contribution < 1.29 is 28.9 Å².